The summed E-state index contributed by atoms with van der Waals surface area (Å²) in [5.41, 5.74) is 4.21. The number of nitrogens with zero attached hydrogens (tertiary/aromatic N) is 4. The molecule has 0 saturated carbocycles. The molecule has 9 atom stereocenters. The van der Waals surface area contributed by atoms with Gasteiger partial charge in [-0.3, -0.25) is 37.3 Å². The predicted molar refractivity (Wildman–Crippen MR) is 251 cm³/mol. The van der Waals surface area contributed by atoms with Crippen molar-refractivity contribution < 1.29 is 101 Å². The number of ether oxygens (including phenoxy) is 1. The van der Waals surface area contributed by atoms with Crippen molar-refractivity contribution in [2.75, 3.05) is 37.8 Å². The molecule has 1 fully saturated rings. The van der Waals surface area contributed by atoms with Gasteiger partial charge in [-0.05, 0) is 25.7 Å². The number of aliphatic carboxylic acids is 1. The van der Waals surface area contributed by atoms with Crippen LogP contribution in [-0.4, -0.2) is 156 Å². The number of phosphoric ester groups is 3. The Kier molecular flexibility index (Phi) is 25.0. The smallest absolute Gasteiger partial charge is 0.481 e. The number of fused-ring (bicyclic) bond motifs is 1. The van der Waals surface area contributed by atoms with Crippen LogP contribution in [-0.2, 0) is 55.5 Å². The monoisotopic (exact) mass is 1090 g/mol. The van der Waals surface area contributed by atoms with Gasteiger partial charge in [0, 0.05) is 43.5 Å². The number of aliphatic hydroxyl groups is 4. The molecule has 2 amide bonds. The van der Waals surface area contributed by atoms with Gasteiger partial charge in [0.2, 0.25) is 11.8 Å². The van der Waals surface area contributed by atoms with Crippen LogP contribution in [0.3, 0.4) is 0 Å². The standard InChI is InChI=1S/C39H60N7O21P3S/c1-39(2,22-64-70(61,62)67-69(59,60)63-21-27-33(66-68(56,57)58)32(53)38(65-27)46-24-45-31-35(40)43-23-44-36(31)46)34(54)37(55)42-18-17-28(49)41-19-20-71-30(52)16-9-5-8-13-25(47)11-6-3-4-7-12-26(48)14-10-15-29(50)51/h3-8,11-12,23-27,32-34,38,47-48,53-54H,9-10,13-22H2,1-2H3,(H,41,49)(H,42,55)(H,50,51)(H,59,60)(H,61,62)(H2,40,43,44)(H2,56,57,58)/b4-3+,8-5-,11-6+,12-7-/t25-,26+,27-,32+,33+,34?,38-/m1/s1. The fourth-order valence-corrected chi connectivity index (χ4v) is 9.60. The lowest BCUT2D eigenvalue weighted by atomic mass is 9.87. The van der Waals surface area contributed by atoms with Gasteiger partial charge < -0.3 is 66.2 Å². The highest BCUT2D eigenvalue weighted by Crippen LogP contribution is 2.61. The maximum atomic E-state index is 12.7. The third-order valence-corrected chi connectivity index (χ3v) is 13.7. The lowest BCUT2D eigenvalue weighted by Crippen LogP contribution is -2.46. The number of nitrogen functional groups attached to an aromatic ring is 1. The number of carbonyl (C=O) groups is 4. The van der Waals surface area contributed by atoms with Gasteiger partial charge >= 0.3 is 29.4 Å². The number of nitrogens with one attached hydrogen (secondary N) is 2. The van der Waals surface area contributed by atoms with Gasteiger partial charge in [-0.1, -0.05) is 74.2 Å². The molecule has 0 aromatic carbocycles. The fraction of sp³-hybridized carbons (Fsp3) is 0.564. The number of thioether (sulfide) groups is 1. The first-order chi connectivity index (χ1) is 33.2. The van der Waals surface area contributed by atoms with E-state index in [0.29, 0.717) is 25.7 Å². The molecule has 398 valence electrons. The number of phosphoric acid groups is 3. The molecule has 0 aliphatic carbocycles. The van der Waals surface area contributed by atoms with Crippen LogP contribution >= 0.6 is 35.2 Å². The molecular weight excluding hydrogens is 1030 g/mol. The van der Waals surface area contributed by atoms with Crippen molar-refractivity contribution in [2.24, 2.45) is 5.41 Å². The molecule has 13 N–H and O–H groups in total. The van der Waals surface area contributed by atoms with E-state index in [1.165, 1.54) is 19.9 Å². The van der Waals surface area contributed by atoms with E-state index < -0.39 is 103 Å². The first kappa shape index (κ1) is 61.2. The van der Waals surface area contributed by atoms with Crippen LogP contribution in [0.15, 0.2) is 61.3 Å². The maximum absolute atomic E-state index is 12.7. The largest absolute Gasteiger partial charge is 0.481 e. The quantitative estimate of drug-likeness (QED) is 0.0211. The lowest BCUT2D eigenvalue weighted by Gasteiger charge is -2.30. The van der Waals surface area contributed by atoms with Crippen LogP contribution < -0.4 is 16.4 Å². The highest BCUT2D eigenvalue weighted by atomic mass is 32.2. The summed E-state index contributed by atoms with van der Waals surface area (Å²) in [6.07, 6.45) is 6.26. The van der Waals surface area contributed by atoms with E-state index in [9.17, 15) is 72.9 Å². The summed E-state index contributed by atoms with van der Waals surface area (Å²) >= 11 is 1.01. The zero-order valence-corrected chi connectivity index (χ0v) is 41.8. The van der Waals surface area contributed by atoms with Gasteiger partial charge in [-0.25, -0.2) is 28.6 Å². The van der Waals surface area contributed by atoms with Crippen molar-refractivity contribution in [1.29, 1.82) is 0 Å². The summed E-state index contributed by atoms with van der Waals surface area (Å²) in [6.45, 7) is 0.295. The number of carboxylic acids is 1. The second-order valence-electron chi connectivity index (χ2n) is 16.1. The third-order valence-electron chi connectivity index (χ3n) is 9.71. The Balaban J connectivity index is 1.32. The molecule has 32 heteroatoms. The minimum Gasteiger partial charge on any atom is -0.481 e. The summed E-state index contributed by atoms with van der Waals surface area (Å²) in [5, 5.41) is 54.8. The SMILES string of the molecule is CC(C)(COP(=O)(O)OP(=O)(O)OC[C@H]1O[C@@H](n2cnc3c(N)ncnc32)[C@@H](O)[C@H]1OP(=O)(O)O)C(O)C(=O)NCCC(=O)NCCSC(=O)CC/C=C\C[C@H](O)/C=C/C=C/C=C\[C@H](O)CCCC(=O)O. The number of amides is 2. The molecule has 3 heterocycles. The summed E-state index contributed by atoms with van der Waals surface area (Å²) in [7, 11) is -16.5. The first-order valence-electron chi connectivity index (χ1n) is 21.5. The topological polar surface area (TPSA) is 441 Å². The number of rotatable bonds is 32. The number of anilines is 1. The predicted octanol–water partition coefficient (Wildman–Crippen LogP) is 1.04. The minimum absolute atomic E-state index is 0.0102. The van der Waals surface area contributed by atoms with E-state index in [1.54, 1.807) is 42.5 Å². The molecule has 2 aromatic heterocycles. The van der Waals surface area contributed by atoms with Crippen LogP contribution in [0.4, 0.5) is 5.82 Å². The Bertz CT molecular complexity index is 2360. The van der Waals surface area contributed by atoms with Gasteiger partial charge in [0.05, 0.1) is 31.7 Å². The van der Waals surface area contributed by atoms with Gasteiger partial charge in [0.25, 0.3) is 0 Å². The zero-order valence-electron chi connectivity index (χ0n) is 38.3. The molecule has 1 saturated heterocycles. The number of carbonyl (C=O) groups excluding carboxylic acids is 3. The number of allylic oxidation sites excluding steroid dienone is 5. The van der Waals surface area contributed by atoms with E-state index >= 15 is 0 Å². The van der Waals surface area contributed by atoms with Crippen molar-refractivity contribution in [3.8, 4) is 0 Å². The summed E-state index contributed by atoms with van der Waals surface area (Å²) in [5.74, 6) is -2.19. The number of carboxylic acid groups (broad SMARTS) is 1. The highest BCUT2D eigenvalue weighted by Gasteiger charge is 2.50. The highest BCUT2D eigenvalue weighted by molar-refractivity contribution is 8.13. The van der Waals surface area contributed by atoms with E-state index in [-0.39, 0.29) is 60.2 Å². The van der Waals surface area contributed by atoms with Crippen molar-refractivity contribution in [2.45, 2.75) is 102 Å². The van der Waals surface area contributed by atoms with Crippen LogP contribution in [0, 0.1) is 5.41 Å². The maximum Gasteiger partial charge on any atom is 0.481 e. The normalized spacial score (nSPS) is 20.9. The van der Waals surface area contributed by atoms with Gasteiger partial charge in [0.1, 0.15) is 36.3 Å². The molecular formula is C39H60N7O21P3S. The van der Waals surface area contributed by atoms with E-state index in [1.807, 2.05) is 0 Å². The van der Waals surface area contributed by atoms with E-state index in [2.05, 4.69) is 34.4 Å². The number of hydrogen-bond donors (Lipinski definition) is 12. The summed E-state index contributed by atoms with van der Waals surface area (Å²) < 4.78 is 62.3. The second-order valence-corrected chi connectivity index (χ2v) is 21.5. The van der Waals surface area contributed by atoms with Crippen molar-refractivity contribution in [3.63, 3.8) is 0 Å². The number of imidazole rings is 1. The Morgan fingerprint density at radius 2 is 1.59 bits per heavy atom. The van der Waals surface area contributed by atoms with Crippen LogP contribution in [0.1, 0.15) is 65.0 Å². The van der Waals surface area contributed by atoms with E-state index in [4.69, 9.17) is 24.6 Å². The zero-order chi connectivity index (χ0) is 53.0. The average Bonchev–Trinajstić information content (AvgIpc) is 3.84. The Labute approximate surface area is 410 Å². The van der Waals surface area contributed by atoms with Crippen LogP contribution in [0.2, 0.25) is 0 Å². The Morgan fingerprint density at radius 3 is 2.27 bits per heavy atom. The van der Waals surface area contributed by atoms with Crippen molar-refractivity contribution in [1.82, 2.24) is 30.2 Å². The molecule has 0 bridgehead atoms. The Morgan fingerprint density at radius 1 is 0.915 bits per heavy atom. The molecule has 28 nitrogen and oxygen atoms in total. The van der Waals surface area contributed by atoms with Gasteiger partial charge in [0.15, 0.2) is 22.8 Å². The summed E-state index contributed by atoms with van der Waals surface area (Å²) in [4.78, 5) is 98.8. The number of aliphatic hydroxyl groups excluding tert-OH is 4. The molecule has 2 aromatic rings. The average molecular weight is 1090 g/mol. The second kappa shape index (κ2) is 29.0. The van der Waals surface area contributed by atoms with Crippen molar-refractivity contribution in [3.05, 3.63) is 61.3 Å². The molecule has 3 rings (SSSR count). The van der Waals surface area contributed by atoms with Crippen molar-refractivity contribution >= 4 is 75.1 Å². The number of hydrogen-bond acceptors (Lipinski definition) is 21. The molecule has 71 heavy (non-hydrogen) atoms. The lowest BCUT2D eigenvalue weighted by molar-refractivity contribution is -0.138. The van der Waals surface area contributed by atoms with E-state index in [0.717, 1.165) is 29.0 Å². The fourth-order valence-electron chi connectivity index (χ4n) is 6.07. The molecule has 1 aliphatic heterocycles. The minimum atomic E-state index is -5.60. The molecule has 3 unspecified atom stereocenters. The first-order valence-corrected chi connectivity index (χ1v) is 27.0. The molecule has 0 radical (unpaired) electrons. The number of aromatic nitrogens is 4. The molecule has 1 aliphatic rings. The Hall–Kier alpha value is -4.09. The molecule has 0 spiro atoms. The van der Waals surface area contributed by atoms with Crippen LogP contribution in [0.25, 0.3) is 11.2 Å². The number of nitrogens with two attached hydrogens (primary N) is 1. The third kappa shape index (κ3) is 22.7. The van der Waals surface area contributed by atoms with Crippen LogP contribution in [0.5, 0.6) is 0 Å². The van der Waals surface area contributed by atoms with Gasteiger partial charge in [-0.15, -0.1) is 0 Å². The summed E-state index contributed by atoms with van der Waals surface area (Å²) in [6, 6.07) is 0. The van der Waals surface area contributed by atoms with Gasteiger partial charge in [-0.2, -0.15) is 4.31 Å².